The number of alkyl carbamates (subject to hydrolysis) is 1. The van der Waals surface area contributed by atoms with Crippen molar-refractivity contribution < 1.29 is 27.5 Å². The van der Waals surface area contributed by atoms with E-state index in [4.69, 9.17) is 16.3 Å². The third-order valence-electron chi connectivity index (χ3n) is 8.13. The maximum Gasteiger partial charge on any atom is 0.407 e. The summed E-state index contributed by atoms with van der Waals surface area (Å²) in [5.41, 5.74) is 1.09. The molecule has 3 aliphatic heterocycles. The molecule has 2 unspecified atom stereocenters. The summed E-state index contributed by atoms with van der Waals surface area (Å²) < 4.78 is 35.8. The van der Waals surface area contributed by atoms with Crippen LogP contribution in [-0.4, -0.2) is 78.3 Å². The number of amides is 3. The molecule has 1 aromatic rings. The van der Waals surface area contributed by atoms with E-state index in [1.807, 2.05) is 0 Å². The Balaban J connectivity index is 1.19. The van der Waals surface area contributed by atoms with Crippen LogP contribution in [0.2, 0.25) is 5.02 Å². The molecule has 5 rings (SSSR count). The van der Waals surface area contributed by atoms with E-state index in [9.17, 15) is 22.8 Å². The predicted octanol–water partition coefficient (Wildman–Crippen LogP) is 3.04. The van der Waals surface area contributed by atoms with Crippen LogP contribution >= 0.6 is 11.6 Å². The number of anilines is 1. The third kappa shape index (κ3) is 6.40. The number of rotatable bonds is 5. The highest BCUT2D eigenvalue weighted by atomic mass is 35.5. The lowest BCUT2D eigenvalue weighted by Gasteiger charge is -2.37. The summed E-state index contributed by atoms with van der Waals surface area (Å²) in [6.45, 7) is 6.54. The van der Waals surface area contributed by atoms with Gasteiger partial charge in [0.1, 0.15) is 5.60 Å². The minimum absolute atomic E-state index is 0.131. The molecular weight excluding hydrogens is 558 g/mol. The maximum atomic E-state index is 13.7. The lowest BCUT2D eigenvalue weighted by molar-refractivity contribution is -0.115. The van der Waals surface area contributed by atoms with Crippen LogP contribution in [0.5, 0.6) is 0 Å². The van der Waals surface area contributed by atoms with Crippen LogP contribution in [0.4, 0.5) is 10.5 Å². The number of benzene rings is 1. The fraction of sp³-hybridized carbons (Fsp3) is 0.667. The topological polar surface area (TPSA) is 137 Å². The summed E-state index contributed by atoms with van der Waals surface area (Å²) in [5, 5.41) is 8.93. The Kier molecular flexibility index (Phi) is 8.08. The van der Waals surface area contributed by atoms with Gasteiger partial charge in [-0.15, -0.1) is 0 Å². The number of piperidine rings is 1. The Hall–Kier alpha value is -2.41. The second-order valence-corrected chi connectivity index (χ2v) is 14.6. The Morgan fingerprint density at radius 3 is 2.48 bits per heavy atom. The highest BCUT2D eigenvalue weighted by molar-refractivity contribution is 7.86. The number of nitrogens with one attached hydrogen (secondary N) is 3. The monoisotopic (exact) mass is 595 g/mol. The number of hydrogen-bond donors (Lipinski definition) is 3. The van der Waals surface area contributed by atoms with Crippen molar-refractivity contribution in [3.63, 3.8) is 0 Å². The zero-order valence-corrected chi connectivity index (χ0v) is 24.7. The SMILES string of the molecule is CC(C)(C)OC(=O)NC1CCN(S(=O)(=O)N2CC3CC[C@@H](NC(=O)c4cc5c(cc4Cl)NC(=O)C5)CC2C3)CC1. The van der Waals surface area contributed by atoms with Gasteiger partial charge in [0.15, 0.2) is 0 Å². The van der Waals surface area contributed by atoms with Gasteiger partial charge in [-0.1, -0.05) is 11.6 Å². The second kappa shape index (κ2) is 11.1. The van der Waals surface area contributed by atoms with Crippen molar-refractivity contribution >= 4 is 45.4 Å². The summed E-state index contributed by atoms with van der Waals surface area (Å²) in [5.74, 6) is -0.203. The Morgan fingerprint density at radius 1 is 1.05 bits per heavy atom. The second-order valence-electron chi connectivity index (χ2n) is 12.4. The first-order valence-corrected chi connectivity index (χ1v) is 15.8. The number of fused-ring (bicyclic) bond motifs is 3. The summed E-state index contributed by atoms with van der Waals surface area (Å²) in [6, 6.07) is 2.74. The quantitative estimate of drug-likeness (QED) is 0.478. The lowest BCUT2D eigenvalue weighted by atomic mass is 10.0. The van der Waals surface area contributed by atoms with Gasteiger partial charge in [-0.2, -0.15) is 17.0 Å². The molecule has 3 fully saturated rings. The molecule has 3 atom stereocenters. The van der Waals surface area contributed by atoms with Gasteiger partial charge in [-0.25, -0.2) is 4.79 Å². The highest BCUT2D eigenvalue weighted by Gasteiger charge is 2.45. The average Bonchev–Trinajstić information content (AvgIpc) is 3.36. The first kappa shape index (κ1) is 29.1. The molecular formula is C27H38ClN5O6S. The normalized spacial score (nSPS) is 26.1. The van der Waals surface area contributed by atoms with Crippen molar-refractivity contribution in [3.8, 4) is 0 Å². The molecule has 1 aliphatic carbocycles. The van der Waals surface area contributed by atoms with E-state index >= 15 is 0 Å². The molecule has 2 bridgehead atoms. The van der Waals surface area contributed by atoms with Gasteiger partial charge in [0.2, 0.25) is 5.91 Å². The van der Waals surface area contributed by atoms with Gasteiger partial charge in [0, 0.05) is 43.4 Å². The Bertz CT molecular complexity index is 1290. The van der Waals surface area contributed by atoms with Crippen molar-refractivity contribution in [1.29, 1.82) is 0 Å². The van der Waals surface area contributed by atoms with Crippen molar-refractivity contribution in [2.45, 2.75) is 89.4 Å². The van der Waals surface area contributed by atoms with Gasteiger partial charge < -0.3 is 20.7 Å². The first-order chi connectivity index (χ1) is 18.8. The number of halogens is 1. The first-order valence-electron chi connectivity index (χ1n) is 14.0. The standard InChI is InChI=1S/C27H38ClN5O6S/c1-27(2,3)39-26(36)30-18-6-8-32(9-7-18)40(37,38)33-15-16-4-5-19(13-20(33)10-16)29-25(35)21-11-17-12-24(34)31-23(17)14-22(21)28/h11,14,16,18-20H,4-10,12-13,15H2,1-3H3,(H,29,35)(H,30,36)(H,31,34)/t16?,19-,20?/m1/s1. The van der Waals surface area contributed by atoms with E-state index in [0.717, 1.165) is 24.8 Å². The molecule has 3 N–H and O–H groups in total. The van der Waals surface area contributed by atoms with Gasteiger partial charge in [0.25, 0.3) is 16.1 Å². The Labute approximate surface area is 240 Å². The molecule has 11 nitrogen and oxygen atoms in total. The van der Waals surface area contributed by atoms with Crippen molar-refractivity contribution in [2.75, 3.05) is 25.0 Å². The lowest BCUT2D eigenvalue weighted by Crippen LogP contribution is -2.53. The molecule has 2 saturated heterocycles. The summed E-state index contributed by atoms with van der Waals surface area (Å²) in [6.07, 6.45) is 3.65. The zero-order valence-electron chi connectivity index (χ0n) is 23.2. The molecule has 1 aromatic carbocycles. The molecule has 220 valence electrons. The summed E-state index contributed by atoms with van der Waals surface area (Å²) in [4.78, 5) is 37.0. The van der Waals surface area contributed by atoms with Crippen LogP contribution in [0, 0.1) is 5.92 Å². The number of carbonyl (C=O) groups excluding carboxylic acids is 3. The molecule has 3 amide bonds. The maximum absolute atomic E-state index is 13.7. The van der Waals surface area contributed by atoms with Crippen LogP contribution in [0.25, 0.3) is 0 Å². The molecule has 40 heavy (non-hydrogen) atoms. The predicted molar refractivity (Wildman–Crippen MR) is 150 cm³/mol. The number of hydrogen-bond acceptors (Lipinski definition) is 6. The smallest absolute Gasteiger partial charge is 0.407 e. The van der Waals surface area contributed by atoms with Crippen LogP contribution in [0.3, 0.4) is 0 Å². The van der Waals surface area contributed by atoms with Crippen molar-refractivity contribution in [2.24, 2.45) is 5.92 Å². The summed E-state index contributed by atoms with van der Waals surface area (Å²) >= 11 is 6.36. The summed E-state index contributed by atoms with van der Waals surface area (Å²) in [7, 11) is -3.69. The van der Waals surface area contributed by atoms with Crippen LogP contribution < -0.4 is 16.0 Å². The van der Waals surface area contributed by atoms with Gasteiger partial charge in [-0.3, -0.25) is 9.59 Å². The van der Waals surface area contributed by atoms with E-state index < -0.39 is 21.9 Å². The van der Waals surface area contributed by atoms with Crippen LogP contribution in [-0.2, 0) is 26.2 Å². The molecule has 4 aliphatic rings. The molecule has 0 spiro atoms. The van der Waals surface area contributed by atoms with Crippen LogP contribution in [0.1, 0.15) is 75.2 Å². The van der Waals surface area contributed by atoms with E-state index in [0.29, 0.717) is 50.1 Å². The Morgan fingerprint density at radius 2 is 1.77 bits per heavy atom. The van der Waals surface area contributed by atoms with Crippen LogP contribution in [0.15, 0.2) is 12.1 Å². The van der Waals surface area contributed by atoms with Crippen molar-refractivity contribution in [1.82, 2.24) is 19.2 Å². The largest absolute Gasteiger partial charge is 0.444 e. The van der Waals surface area contributed by atoms with Gasteiger partial charge >= 0.3 is 6.09 Å². The van der Waals surface area contributed by atoms with Crippen molar-refractivity contribution in [3.05, 3.63) is 28.3 Å². The molecule has 0 radical (unpaired) electrons. The number of nitrogens with zero attached hydrogens (tertiary/aromatic N) is 2. The number of carbonyl (C=O) groups is 3. The molecule has 1 saturated carbocycles. The molecule has 0 aromatic heterocycles. The molecule has 3 heterocycles. The van der Waals surface area contributed by atoms with E-state index in [1.165, 1.54) is 4.31 Å². The molecule has 13 heteroatoms. The third-order valence-corrected chi connectivity index (χ3v) is 10.5. The van der Waals surface area contributed by atoms with E-state index in [2.05, 4.69) is 16.0 Å². The zero-order chi connectivity index (χ0) is 28.8. The van der Waals surface area contributed by atoms with Gasteiger partial charge in [-0.05, 0) is 82.9 Å². The van der Waals surface area contributed by atoms with E-state index in [-0.39, 0.29) is 47.3 Å². The minimum Gasteiger partial charge on any atom is -0.444 e. The average molecular weight is 596 g/mol. The fourth-order valence-electron chi connectivity index (χ4n) is 6.24. The minimum atomic E-state index is -3.69. The van der Waals surface area contributed by atoms with Gasteiger partial charge in [0.05, 0.1) is 17.0 Å². The fourth-order valence-corrected chi connectivity index (χ4v) is 8.41. The van der Waals surface area contributed by atoms with E-state index in [1.54, 1.807) is 37.2 Å². The number of ether oxygens (including phenoxy) is 1. The highest BCUT2D eigenvalue weighted by Crippen LogP contribution is 2.38.